The number of thioether (sulfide) groups is 1. The van der Waals surface area contributed by atoms with Crippen molar-refractivity contribution in [1.82, 2.24) is 14.8 Å². The van der Waals surface area contributed by atoms with E-state index in [4.69, 9.17) is 10.5 Å². The topological polar surface area (TPSA) is 66.0 Å². The standard InChI is InChI=1S/C14H16N4OS/c1-18-10-16-17-14(18)20-9-12-8-11(4-3-7-15)5-6-13(12)19-2/h5-6,8,10H,7,9,15H2,1-2H3. The fourth-order valence-electron chi connectivity index (χ4n) is 1.67. The fourth-order valence-corrected chi connectivity index (χ4v) is 2.53. The summed E-state index contributed by atoms with van der Waals surface area (Å²) in [5.74, 6) is 7.47. The third-order valence-electron chi connectivity index (χ3n) is 2.64. The predicted octanol–water partition coefficient (Wildman–Crippen LogP) is 1.43. The van der Waals surface area contributed by atoms with Gasteiger partial charge in [0.1, 0.15) is 12.1 Å². The molecule has 1 heterocycles. The maximum Gasteiger partial charge on any atom is 0.191 e. The third kappa shape index (κ3) is 3.53. The molecule has 0 amide bonds. The highest BCUT2D eigenvalue weighted by atomic mass is 32.2. The van der Waals surface area contributed by atoms with Gasteiger partial charge in [-0.15, -0.1) is 10.2 Å². The predicted molar refractivity (Wildman–Crippen MR) is 79.5 cm³/mol. The zero-order valence-electron chi connectivity index (χ0n) is 11.5. The van der Waals surface area contributed by atoms with E-state index in [0.29, 0.717) is 6.54 Å². The Kier molecular flexibility index (Phi) is 5.04. The summed E-state index contributed by atoms with van der Waals surface area (Å²) < 4.78 is 7.26. The van der Waals surface area contributed by atoms with E-state index in [-0.39, 0.29) is 0 Å². The fraction of sp³-hybridized carbons (Fsp3) is 0.286. The second-order valence-electron chi connectivity index (χ2n) is 4.05. The zero-order chi connectivity index (χ0) is 14.4. The Morgan fingerprint density at radius 1 is 1.45 bits per heavy atom. The molecule has 0 radical (unpaired) electrons. The van der Waals surface area contributed by atoms with Gasteiger partial charge < -0.3 is 15.0 Å². The second kappa shape index (κ2) is 6.98. The lowest BCUT2D eigenvalue weighted by Crippen LogP contribution is -1.95. The van der Waals surface area contributed by atoms with Gasteiger partial charge in [-0.1, -0.05) is 23.6 Å². The number of benzene rings is 1. The van der Waals surface area contributed by atoms with Gasteiger partial charge in [-0.2, -0.15) is 0 Å². The van der Waals surface area contributed by atoms with E-state index >= 15 is 0 Å². The smallest absolute Gasteiger partial charge is 0.191 e. The molecule has 0 aliphatic heterocycles. The Labute approximate surface area is 122 Å². The minimum Gasteiger partial charge on any atom is -0.496 e. The number of rotatable bonds is 4. The number of nitrogens with two attached hydrogens (primary N) is 1. The molecule has 0 aliphatic carbocycles. The summed E-state index contributed by atoms with van der Waals surface area (Å²) in [7, 11) is 3.58. The quantitative estimate of drug-likeness (QED) is 0.681. The first kappa shape index (κ1) is 14.4. The first-order chi connectivity index (χ1) is 9.74. The van der Waals surface area contributed by atoms with Crippen LogP contribution in [0.3, 0.4) is 0 Å². The second-order valence-corrected chi connectivity index (χ2v) is 4.99. The first-order valence-electron chi connectivity index (χ1n) is 6.07. The van der Waals surface area contributed by atoms with Gasteiger partial charge in [0.15, 0.2) is 5.16 Å². The molecular weight excluding hydrogens is 272 g/mol. The molecule has 0 fully saturated rings. The molecule has 0 saturated heterocycles. The highest BCUT2D eigenvalue weighted by molar-refractivity contribution is 7.98. The van der Waals surface area contributed by atoms with E-state index in [1.54, 1.807) is 25.2 Å². The average Bonchev–Trinajstić information content (AvgIpc) is 2.88. The Bertz CT molecular complexity index is 642. The molecule has 20 heavy (non-hydrogen) atoms. The van der Waals surface area contributed by atoms with Crippen LogP contribution in [0, 0.1) is 11.8 Å². The lowest BCUT2D eigenvalue weighted by atomic mass is 10.1. The lowest BCUT2D eigenvalue weighted by molar-refractivity contribution is 0.411. The maximum absolute atomic E-state index is 5.39. The molecule has 2 rings (SSSR count). The summed E-state index contributed by atoms with van der Waals surface area (Å²) in [6, 6.07) is 5.87. The molecular formula is C14H16N4OS. The van der Waals surface area contributed by atoms with E-state index in [9.17, 15) is 0 Å². The largest absolute Gasteiger partial charge is 0.496 e. The number of hydrogen-bond acceptors (Lipinski definition) is 5. The zero-order valence-corrected chi connectivity index (χ0v) is 12.3. The van der Waals surface area contributed by atoms with Crippen LogP contribution in [-0.4, -0.2) is 28.4 Å². The van der Waals surface area contributed by atoms with Gasteiger partial charge in [-0.25, -0.2) is 0 Å². The monoisotopic (exact) mass is 288 g/mol. The van der Waals surface area contributed by atoms with Crippen LogP contribution in [0.15, 0.2) is 29.7 Å². The molecule has 104 valence electrons. The van der Waals surface area contributed by atoms with Gasteiger partial charge in [-0.05, 0) is 18.2 Å². The van der Waals surface area contributed by atoms with Crippen LogP contribution in [0.4, 0.5) is 0 Å². The molecule has 1 aromatic carbocycles. The van der Waals surface area contributed by atoms with Crippen molar-refractivity contribution in [2.45, 2.75) is 10.9 Å². The third-order valence-corrected chi connectivity index (χ3v) is 3.72. The van der Waals surface area contributed by atoms with E-state index in [1.807, 2.05) is 29.8 Å². The Morgan fingerprint density at radius 2 is 2.30 bits per heavy atom. The summed E-state index contributed by atoms with van der Waals surface area (Å²) in [5.41, 5.74) is 7.40. The van der Waals surface area contributed by atoms with Gasteiger partial charge in [0.2, 0.25) is 0 Å². The molecule has 0 saturated carbocycles. The van der Waals surface area contributed by atoms with Crippen LogP contribution in [0.25, 0.3) is 0 Å². The van der Waals surface area contributed by atoms with Gasteiger partial charge in [0, 0.05) is 23.9 Å². The van der Waals surface area contributed by atoms with E-state index < -0.39 is 0 Å². The molecule has 2 aromatic rings. The van der Waals surface area contributed by atoms with Crippen molar-refractivity contribution in [3.8, 4) is 17.6 Å². The van der Waals surface area contributed by atoms with Crippen LogP contribution in [0.2, 0.25) is 0 Å². The maximum atomic E-state index is 5.39. The lowest BCUT2D eigenvalue weighted by Gasteiger charge is -2.08. The van der Waals surface area contributed by atoms with Crippen LogP contribution in [-0.2, 0) is 12.8 Å². The highest BCUT2D eigenvalue weighted by Crippen LogP contribution is 2.27. The summed E-state index contributed by atoms with van der Waals surface area (Å²) in [6.45, 7) is 0.356. The number of hydrogen-bond donors (Lipinski definition) is 1. The average molecular weight is 288 g/mol. The van der Waals surface area contributed by atoms with Gasteiger partial charge >= 0.3 is 0 Å². The number of ether oxygens (including phenoxy) is 1. The van der Waals surface area contributed by atoms with E-state index in [1.165, 1.54) is 0 Å². The van der Waals surface area contributed by atoms with Crippen molar-refractivity contribution in [3.05, 3.63) is 35.7 Å². The normalized spacial score (nSPS) is 9.95. The van der Waals surface area contributed by atoms with Crippen LogP contribution >= 0.6 is 11.8 Å². The molecule has 0 spiro atoms. The van der Waals surface area contributed by atoms with Crippen molar-refractivity contribution >= 4 is 11.8 Å². The van der Waals surface area contributed by atoms with Crippen LogP contribution in [0.1, 0.15) is 11.1 Å². The molecule has 5 nitrogen and oxygen atoms in total. The van der Waals surface area contributed by atoms with Crippen molar-refractivity contribution < 1.29 is 4.74 Å². The van der Waals surface area contributed by atoms with Gasteiger partial charge in [0.05, 0.1) is 13.7 Å². The molecule has 0 aliphatic rings. The molecule has 2 N–H and O–H groups in total. The summed E-state index contributed by atoms with van der Waals surface area (Å²) in [5, 5.41) is 8.77. The van der Waals surface area contributed by atoms with Gasteiger partial charge in [0.25, 0.3) is 0 Å². The van der Waals surface area contributed by atoms with Crippen molar-refractivity contribution in [1.29, 1.82) is 0 Å². The Hall–Kier alpha value is -1.97. The molecule has 0 unspecified atom stereocenters. The van der Waals surface area contributed by atoms with Crippen molar-refractivity contribution in [2.75, 3.05) is 13.7 Å². The Balaban J connectivity index is 2.18. The minimum absolute atomic E-state index is 0.356. The van der Waals surface area contributed by atoms with Crippen LogP contribution < -0.4 is 10.5 Å². The molecule has 0 bridgehead atoms. The SMILES string of the molecule is COc1ccc(C#CCN)cc1CSc1nncn1C. The number of methoxy groups -OCH3 is 1. The van der Waals surface area contributed by atoms with Crippen molar-refractivity contribution in [2.24, 2.45) is 12.8 Å². The molecule has 1 aromatic heterocycles. The Morgan fingerprint density at radius 3 is 2.95 bits per heavy atom. The van der Waals surface area contributed by atoms with E-state index in [0.717, 1.165) is 27.8 Å². The van der Waals surface area contributed by atoms with Crippen LogP contribution in [0.5, 0.6) is 5.75 Å². The first-order valence-corrected chi connectivity index (χ1v) is 7.05. The van der Waals surface area contributed by atoms with Gasteiger partial charge in [-0.3, -0.25) is 0 Å². The number of aryl methyl sites for hydroxylation is 1. The van der Waals surface area contributed by atoms with E-state index in [2.05, 4.69) is 22.0 Å². The minimum atomic E-state index is 0.356. The summed E-state index contributed by atoms with van der Waals surface area (Å²) >= 11 is 1.61. The summed E-state index contributed by atoms with van der Waals surface area (Å²) in [4.78, 5) is 0. The number of aromatic nitrogens is 3. The summed E-state index contributed by atoms with van der Waals surface area (Å²) in [6.07, 6.45) is 1.68. The highest BCUT2D eigenvalue weighted by Gasteiger charge is 2.07. The van der Waals surface area contributed by atoms with Crippen molar-refractivity contribution in [3.63, 3.8) is 0 Å². The molecule has 0 atom stereocenters. The number of nitrogens with zero attached hydrogens (tertiary/aromatic N) is 3. The molecule has 6 heteroatoms.